The molecule has 1 amide bonds. The van der Waals surface area contributed by atoms with Crippen LogP contribution in [0.25, 0.3) is 11.0 Å². The van der Waals surface area contributed by atoms with Crippen molar-refractivity contribution in [2.45, 2.75) is 20.4 Å². The molecule has 1 saturated heterocycles. The quantitative estimate of drug-likeness (QED) is 0.722. The van der Waals surface area contributed by atoms with Crippen LogP contribution in [0.4, 0.5) is 0 Å². The Kier molecular flexibility index (Phi) is 4.24. The standard InChI is InChI=1S/C19H23N5O2/c1-13-4-5-17(26-13)19(25)24-8-6-23(7-9-24)12-15-10-16-14(2)21-22(3)18(16)20-11-15/h4-5,10-11H,6-9,12H2,1-3H3. The Labute approximate surface area is 152 Å². The number of piperazine rings is 1. The van der Waals surface area contributed by atoms with E-state index in [2.05, 4.69) is 21.0 Å². The molecule has 1 aliphatic rings. The predicted octanol–water partition coefficient (Wildman–Crippen LogP) is 2.14. The lowest BCUT2D eigenvalue weighted by Crippen LogP contribution is -2.48. The van der Waals surface area contributed by atoms with E-state index in [1.54, 1.807) is 6.07 Å². The van der Waals surface area contributed by atoms with Crippen molar-refractivity contribution < 1.29 is 9.21 Å². The number of carbonyl (C=O) groups is 1. The maximum Gasteiger partial charge on any atom is 0.289 e. The molecule has 3 aromatic heterocycles. The Hall–Kier alpha value is -2.67. The maximum absolute atomic E-state index is 12.5. The minimum atomic E-state index is -0.0215. The molecule has 136 valence electrons. The number of amides is 1. The average Bonchev–Trinajstić information content (AvgIpc) is 3.19. The molecule has 0 bridgehead atoms. The van der Waals surface area contributed by atoms with Crippen LogP contribution in [-0.4, -0.2) is 56.7 Å². The van der Waals surface area contributed by atoms with Crippen molar-refractivity contribution in [2.24, 2.45) is 7.05 Å². The summed E-state index contributed by atoms with van der Waals surface area (Å²) in [6.45, 7) is 7.79. The van der Waals surface area contributed by atoms with Crippen molar-refractivity contribution in [1.29, 1.82) is 0 Å². The fraction of sp³-hybridized carbons (Fsp3) is 0.421. The number of aromatic nitrogens is 3. The SMILES string of the molecule is Cc1ccc(C(=O)N2CCN(Cc3cnc4c(c3)c(C)nn4C)CC2)o1. The smallest absolute Gasteiger partial charge is 0.289 e. The van der Waals surface area contributed by atoms with Gasteiger partial charge in [-0.25, -0.2) is 4.98 Å². The van der Waals surface area contributed by atoms with E-state index in [1.807, 2.05) is 42.7 Å². The molecular formula is C19H23N5O2. The van der Waals surface area contributed by atoms with E-state index in [-0.39, 0.29) is 5.91 Å². The minimum Gasteiger partial charge on any atom is -0.456 e. The molecule has 4 rings (SSSR count). The second-order valence-electron chi connectivity index (χ2n) is 6.90. The number of hydrogen-bond donors (Lipinski definition) is 0. The van der Waals surface area contributed by atoms with Crippen LogP contribution in [0.3, 0.4) is 0 Å². The first kappa shape index (κ1) is 16.8. The number of fused-ring (bicyclic) bond motifs is 1. The van der Waals surface area contributed by atoms with Crippen LogP contribution in [0.15, 0.2) is 28.8 Å². The molecule has 0 N–H and O–H groups in total. The Balaban J connectivity index is 1.39. The summed E-state index contributed by atoms with van der Waals surface area (Å²) < 4.78 is 7.27. The zero-order valence-electron chi connectivity index (χ0n) is 15.4. The number of nitrogens with zero attached hydrogens (tertiary/aromatic N) is 5. The summed E-state index contributed by atoms with van der Waals surface area (Å²) in [4.78, 5) is 21.2. The molecule has 0 aromatic carbocycles. The molecule has 1 fully saturated rings. The zero-order valence-corrected chi connectivity index (χ0v) is 15.4. The van der Waals surface area contributed by atoms with Crippen LogP contribution in [0, 0.1) is 13.8 Å². The van der Waals surface area contributed by atoms with Crippen LogP contribution in [-0.2, 0) is 13.6 Å². The molecule has 0 spiro atoms. The van der Waals surface area contributed by atoms with Gasteiger partial charge >= 0.3 is 0 Å². The topological polar surface area (TPSA) is 67.4 Å². The molecule has 26 heavy (non-hydrogen) atoms. The van der Waals surface area contributed by atoms with Gasteiger partial charge in [0.15, 0.2) is 11.4 Å². The van der Waals surface area contributed by atoms with Crippen LogP contribution in [0.2, 0.25) is 0 Å². The highest BCUT2D eigenvalue weighted by molar-refractivity contribution is 5.91. The van der Waals surface area contributed by atoms with Gasteiger partial charge in [0.1, 0.15) is 5.76 Å². The van der Waals surface area contributed by atoms with E-state index in [9.17, 15) is 4.79 Å². The van der Waals surface area contributed by atoms with Crippen molar-refractivity contribution >= 4 is 16.9 Å². The second-order valence-corrected chi connectivity index (χ2v) is 6.90. The summed E-state index contributed by atoms with van der Waals surface area (Å²) in [7, 11) is 1.92. The first-order valence-electron chi connectivity index (χ1n) is 8.87. The van der Waals surface area contributed by atoms with E-state index in [0.29, 0.717) is 18.8 Å². The predicted molar refractivity (Wildman–Crippen MR) is 97.9 cm³/mol. The van der Waals surface area contributed by atoms with Crippen molar-refractivity contribution in [1.82, 2.24) is 24.6 Å². The lowest BCUT2D eigenvalue weighted by atomic mass is 10.2. The molecule has 1 aliphatic heterocycles. The normalized spacial score (nSPS) is 15.7. The van der Waals surface area contributed by atoms with Gasteiger partial charge in [-0.3, -0.25) is 14.4 Å². The van der Waals surface area contributed by atoms with Gasteiger partial charge in [-0.05, 0) is 37.6 Å². The molecule has 0 atom stereocenters. The summed E-state index contributed by atoms with van der Waals surface area (Å²) in [5, 5.41) is 5.53. The molecule has 0 radical (unpaired) electrons. The largest absolute Gasteiger partial charge is 0.456 e. The van der Waals surface area contributed by atoms with Crippen LogP contribution in [0.1, 0.15) is 27.6 Å². The number of aryl methyl sites for hydroxylation is 3. The minimum absolute atomic E-state index is 0.0215. The van der Waals surface area contributed by atoms with Crippen LogP contribution < -0.4 is 0 Å². The average molecular weight is 353 g/mol. The Morgan fingerprint density at radius 1 is 1.19 bits per heavy atom. The van der Waals surface area contributed by atoms with Crippen molar-refractivity contribution in [3.8, 4) is 0 Å². The Morgan fingerprint density at radius 2 is 1.96 bits per heavy atom. The van der Waals surface area contributed by atoms with Crippen LogP contribution >= 0.6 is 0 Å². The van der Waals surface area contributed by atoms with Gasteiger partial charge in [-0.2, -0.15) is 5.10 Å². The second kappa shape index (κ2) is 6.57. The van der Waals surface area contributed by atoms with Gasteiger partial charge in [-0.1, -0.05) is 0 Å². The van der Waals surface area contributed by atoms with Gasteiger partial charge in [0.25, 0.3) is 5.91 Å². The highest BCUT2D eigenvalue weighted by atomic mass is 16.3. The Bertz CT molecular complexity index is 950. The monoisotopic (exact) mass is 353 g/mol. The molecule has 4 heterocycles. The van der Waals surface area contributed by atoms with E-state index in [4.69, 9.17) is 4.42 Å². The van der Waals surface area contributed by atoms with Crippen molar-refractivity contribution in [3.05, 3.63) is 47.2 Å². The fourth-order valence-electron chi connectivity index (χ4n) is 3.51. The van der Waals surface area contributed by atoms with Gasteiger partial charge < -0.3 is 9.32 Å². The molecule has 7 nitrogen and oxygen atoms in total. The van der Waals surface area contributed by atoms with E-state index < -0.39 is 0 Å². The van der Waals surface area contributed by atoms with Gasteiger partial charge in [-0.15, -0.1) is 0 Å². The summed E-state index contributed by atoms with van der Waals surface area (Å²) in [6.07, 6.45) is 1.92. The van der Waals surface area contributed by atoms with Crippen LogP contribution in [0.5, 0.6) is 0 Å². The van der Waals surface area contributed by atoms with E-state index >= 15 is 0 Å². The van der Waals surface area contributed by atoms with Crippen molar-refractivity contribution in [3.63, 3.8) is 0 Å². The Morgan fingerprint density at radius 3 is 2.65 bits per heavy atom. The molecule has 0 saturated carbocycles. The highest BCUT2D eigenvalue weighted by Crippen LogP contribution is 2.18. The number of hydrogen-bond acceptors (Lipinski definition) is 5. The molecular weight excluding hydrogens is 330 g/mol. The molecule has 0 aliphatic carbocycles. The third kappa shape index (κ3) is 3.10. The van der Waals surface area contributed by atoms with E-state index in [0.717, 1.165) is 42.1 Å². The number of pyridine rings is 1. The third-order valence-corrected chi connectivity index (χ3v) is 4.94. The maximum atomic E-state index is 12.5. The molecule has 3 aromatic rings. The fourth-order valence-corrected chi connectivity index (χ4v) is 3.51. The highest BCUT2D eigenvalue weighted by Gasteiger charge is 2.24. The molecule has 7 heteroatoms. The summed E-state index contributed by atoms with van der Waals surface area (Å²) >= 11 is 0. The van der Waals surface area contributed by atoms with Gasteiger partial charge in [0.2, 0.25) is 0 Å². The third-order valence-electron chi connectivity index (χ3n) is 4.94. The van der Waals surface area contributed by atoms with Crippen molar-refractivity contribution in [2.75, 3.05) is 26.2 Å². The zero-order chi connectivity index (χ0) is 18.3. The summed E-state index contributed by atoms with van der Waals surface area (Å²) in [5.41, 5.74) is 3.09. The number of carbonyl (C=O) groups excluding carboxylic acids is 1. The van der Waals surface area contributed by atoms with Gasteiger partial charge in [0, 0.05) is 51.4 Å². The summed E-state index contributed by atoms with van der Waals surface area (Å²) in [6, 6.07) is 5.75. The number of rotatable bonds is 3. The summed E-state index contributed by atoms with van der Waals surface area (Å²) in [5.74, 6) is 1.17. The first-order chi connectivity index (χ1) is 12.5. The van der Waals surface area contributed by atoms with E-state index in [1.165, 1.54) is 5.56 Å². The number of furan rings is 1. The van der Waals surface area contributed by atoms with Gasteiger partial charge in [0.05, 0.1) is 5.69 Å². The lowest BCUT2D eigenvalue weighted by Gasteiger charge is -2.34. The first-order valence-corrected chi connectivity index (χ1v) is 8.87. The molecule has 0 unspecified atom stereocenters. The lowest BCUT2D eigenvalue weighted by molar-refractivity contribution is 0.0596.